The Morgan fingerprint density at radius 3 is 2.52 bits per heavy atom. The van der Waals surface area contributed by atoms with Gasteiger partial charge in [-0.25, -0.2) is 0 Å². The average Bonchev–Trinajstić information content (AvgIpc) is 3.54. The third-order valence-corrected chi connectivity index (χ3v) is 6.36. The summed E-state index contributed by atoms with van der Waals surface area (Å²) >= 11 is 0. The van der Waals surface area contributed by atoms with Gasteiger partial charge in [0, 0.05) is 29.7 Å². The number of hydroxylamine groups is 1. The molecule has 1 saturated heterocycles. The first-order valence-corrected chi connectivity index (χ1v) is 11.0. The zero-order valence-corrected chi connectivity index (χ0v) is 17.0. The van der Waals surface area contributed by atoms with Gasteiger partial charge < -0.3 is 9.64 Å². The first-order chi connectivity index (χ1) is 14.4. The van der Waals surface area contributed by atoms with Crippen molar-refractivity contribution in [3.63, 3.8) is 0 Å². The Morgan fingerprint density at radius 2 is 1.69 bits per heavy atom. The van der Waals surface area contributed by atoms with Crippen molar-refractivity contribution >= 4 is 5.70 Å². The Bertz CT molecular complexity index is 871. The molecular formula is C25H30N2O2. The van der Waals surface area contributed by atoms with Gasteiger partial charge in [-0.3, -0.25) is 10.3 Å². The van der Waals surface area contributed by atoms with E-state index in [9.17, 15) is 0 Å². The van der Waals surface area contributed by atoms with Crippen molar-refractivity contribution in [2.24, 2.45) is 0 Å². The number of likely N-dealkylation sites (tertiary alicyclic amines) is 1. The molecule has 2 aromatic rings. The van der Waals surface area contributed by atoms with Crippen LogP contribution in [0.15, 0.2) is 60.2 Å². The minimum absolute atomic E-state index is 0.326. The second-order valence-corrected chi connectivity index (χ2v) is 8.38. The maximum Gasteiger partial charge on any atom is 0.162 e. The van der Waals surface area contributed by atoms with Crippen molar-refractivity contribution in [3.8, 4) is 5.75 Å². The van der Waals surface area contributed by atoms with E-state index in [2.05, 4.69) is 58.9 Å². The minimum Gasteiger partial charge on any atom is -0.477 e. The number of fused-ring (bicyclic) bond motifs is 2. The number of hydrogen-bond acceptors (Lipinski definition) is 4. The molecule has 1 saturated carbocycles. The number of rotatable bonds is 7. The SMILES string of the molecule is c1ccc(C23CC2=C(NOCCCN2CCCCCC2)c2ccccc2O3)cc1. The van der Waals surface area contributed by atoms with Crippen molar-refractivity contribution in [1.29, 1.82) is 0 Å². The Balaban J connectivity index is 1.25. The van der Waals surface area contributed by atoms with Gasteiger partial charge in [-0.05, 0) is 44.5 Å². The van der Waals surface area contributed by atoms with E-state index in [1.54, 1.807) is 0 Å². The van der Waals surface area contributed by atoms with Crippen LogP contribution in [-0.2, 0) is 10.4 Å². The monoisotopic (exact) mass is 390 g/mol. The lowest BCUT2D eigenvalue weighted by Crippen LogP contribution is -2.28. The molecule has 1 unspecified atom stereocenters. The van der Waals surface area contributed by atoms with E-state index in [-0.39, 0.29) is 5.60 Å². The molecule has 1 aliphatic carbocycles. The summed E-state index contributed by atoms with van der Waals surface area (Å²) in [6.45, 7) is 4.33. The molecule has 5 rings (SSSR count). The van der Waals surface area contributed by atoms with Crippen molar-refractivity contribution in [2.45, 2.75) is 44.1 Å². The molecule has 0 radical (unpaired) electrons. The molecule has 1 atom stereocenters. The van der Waals surface area contributed by atoms with Gasteiger partial charge in [0.05, 0.1) is 12.3 Å². The summed E-state index contributed by atoms with van der Waals surface area (Å²) in [6.07, 6.45) is 7.41. The number of nitrogens with zero attached hydrogens (tertiary/aromatic N) is 1. The van der Waals surface area contributed by atoms with E-state index < -0.39 is 0 Å². The lowest BCUT2D eigenvalue weighted by atomic mass is 10.0. The zero-order chi connectivity index (χ0) is 19.5. The van der Waals surface area contributed by atoms with Crippen LogP contribution in [0, 0.1) is 0 Å². The number of hydrogen-bond donors (Lipinski definition) is 1. The summed E-state index contributed by atoms with van der Waals surface area (Å²) in [7, 11) is 0. The van der Waals surface area contributed by atoms with E-state index in [0.717, 1.165) is 36.4 Å². The number of para-hydroxylation sites is 1. The quantitative estimate of drug-likeness (QED) is 0.540. The van der Waals surface area contributed by atoms with Crippen LogP contribution in [0.1, 0.15) is 49.7 Å². The van der Waals surface area contributed by atoms with Gasteiger partial charge >= 0.3 is 0 Å². The topological polar surface area (TPSA) is 33.7 Å². The van der Waals surface area contributed by atoms with Gasteiger partial charge in [0.1, 0.15) is 5.75 Å². The first-order valence-electron chi connectivity index (χ1n) is 11.0. The highest BCUT2D eigenvalue weighted by Gasteiger charge is 2.58. The largest absolute Gasteiger partial charge is 0.477 e. The van der Waals surface area contributed by atoms with E-state index >= 15 is 0 Å². The fourth-order valence-corrected chi connectivity index (χ4v) is 4.71. The normalized spacial score (nSPS) is 23.6. The van der Waals surface area contributed by atoms with E-state index in [4.69, 9.17) is 9.57 Å². The molecule has 3 aliphatic rings. The van der Waals surface area contributed by atoms with Crippen molar-refractivity contribution in [2.75, 3.05) is 26.2 Å². The van der Waals surface area contributed by atoms with Crippen LogP contribution >= 0.6 is 0 Å². The van der Waals surface area contributed by atoms with E-state index in [0.29, 0.717) is 6.61 Å². The lowest BCUT2D eigenvalue weighted by molar-refractivity contribution is 0.0682. The molecule has 29 heavy (non-hydrogen) atoms. The molecule has 2 heterocycles. The highest BCUT2D eigenvalue weighted by molar-refractivity contribution is 5.80. The molecule has 4 nitrogen and oxygen atoms in total. The summed E-state index contributed by atoms with van der Waals surface area (Å²) in [5.41, 5.74) is 7.65. The summed E-state index contributed by atoms with van der Waals surface area (Å²) < 4.78 is 6.47. The molecule has 2 fully saturated rings. The summed E-state index contributed by atoms with van der Waals surface area (Å²) in [4.78, 5) is 8.53. The second kappa shape index (κ2) is 8.21. The fourth-order valence-electron chi connectivity index (χ4n) is 4.71. The summed E-state index contributed by atoms with van der Waals surface area (Å²) in [6, 6.07) is 18.8. The average molecular weight is 391 g/mol. The van der Waals surface area contributed by atoms with Gasteiger partial charge in [-0.1, -0.05) is 55.3 Å². The first kappa shape index (κ1) is 18.7. The minimum atomic E-state index is -0.326. The van der Waals surface area contributed by atoms with Crippen LogP contribution in [0.3, 0.4) is 0 Å². The molecule has 152 valence electrons. The van der Waals surface area contributed by atoms with Gasteiger partial charge in [0.2, 0.25) is 0 Å². The maximum atomic E-state index is 6.47. The predicted octanol–water partition coefficient (Wildman–Crippen LogP) is 4.88. The van der Waals surface area contributed by atoms with Gasteiger partial charge in [0.15, 0.2) is 5.60 Å². The fraction of sp³-hybridized carbons (Fsp3) is 0.440. The molecule has 0 amide bonds. The Morgan fingerprint density at radius 1 is 0.931 bits per heavy atom. The van der Waals surface area contributed by atoms with Crippen LogP contribution in [0.2, 0.25) is 0 Å². The van der Waals surface area contributed by atoms with Crippen LogP contribution in [-0.4, -0.2) is 31.1 Å². The number of ether oxygens (including phenoxy) is 1. The maximum absolute atomic E-state index is 6.47. The summed E-state index contributed by atoms with van der Waals surface area (Å²) in [5, 5.41) is 0. The molecular weight excluding hydrogens is 360 g/mol. The van der Waals surface area contributed by atoms with Crippen molar-refractivity contribution in [3.05, 3.63) is 71.3 Å². The van der Waals surface area contributed by atoms with Gasteiger partial charge in [0.25, 0.3) is 0 Å². The molecule has 0 spiro atoms. The van der Waals surface area contributed by atoms with E-state index in [1.807, 2.05) is 6.07 Å². The standard InChI is InChI=1S/C25H30N2O2/c1-2-9-16-27(15-8-1)17-10-18-28-26-24-21-13-6-7-14-23(21)29-25(19-22(24)25)20-11-4-3-5-12-20/h3-7,11-14,26H,1-2,8-10,15-19H2. The summed E-state index contributed by atoms with van der Waals surface area (Å²) in [5.74, 6) is 0.924. The molecule has 2 aromatic carbocycles. The predicted molar refractivity (Wildman–Crippen MR) is 115 cm³/mol. The molecule has 2 aliphatic heterocycles. The smallest absolute Gasteiger partial charge is 0.162 e. The Hall–Kier alpha value is -2.30. The van der Waals surface area contributed by atoms with Crippen molar-refractivity contribution in [1.82, 2.24) is 10.4 Å². The Labute approximate surface area is 173 Å². The van der Waals surface area contributed by atoms with Crippen molar-refractivity contribution < 1.29 is 9.57 Å². The lowest BCUT2D eigenvalue weighted by Gasteiger charge is -2.26. The highest BCUT2D eigenvalue weighted by atomic mass is 16.6. The zero-order valence-electron chi connectivity index (χ0n) is 17.0. The molecule has 1 N–H and O–H groups in total. The third kappa shape index (κ3) is 3.79. The molecule has 0 bridgehead atoms. The second-order valence-electron chi connectivity index (χ2n) is 8.38. The van der Waals surface area contributed by atoms with Gasteiger partial charge in [-0.2, -0.15) is 0 Å². The van der Waals surface area contributed by atoms with E-state index in [1.165, 1.54) is 49.9 Å². The molecule has 0 aromatic heterocycles. The molecule has 4 heteroatoms. The van der Waals surface area contributed by atoms with Gasteiger partial charge in [-0.15, -0.1) is 0 Å². The third-order valence-electron chi connectivity index (χ3n) is 6.36. The highest BCUT2D eigenvalue weighted by Crippen LogP contribution is 2.60. The van der Waals surface area contributed by atoms with Crippen LogP contribution in [0.25, 0.3) is 5.70 Å². The Kier molecular flexibility index (Phi) is 5.30. The number of nitrogens with one attached hydrogen (secondary N) is 1. The van der Waals surface area contributed by atoms with Crippen LogP contribution in [0.4, 0.5) is 0 Å². The number of benzene rings is 2. The van der Waals surface area contributed by atoms with Crippen LogP contribution in [0.5, 0.6) is 5.75 Å². The van der Waals surface area contributed by atoms with Crippen LogP contribution < -0.4 is 10.2 Å².